The average Bonchev–Trinajstić information content (AvgIpc) is 2.75. The summed E-state index contributed by atoms with van der Waals surface area (Å²) in [6.07, 6.45) is 2.19. The fraction of sp³-hybridized carbons (Fsp3) is 0.429. The summed E-state index contributed by atoms with van der Waals surface area (Å²) in [5.74, 6) is -0.432. The first-order chi connectivity index (χ1) is 9.40. The topological polar surface area (TPSA) is 44.1 Å². The van der Waals surface area contributed by atoms with Gasteiger partial charge < -0.3 is 4.74 Å². The number of aldehydes is 1. The van der Waals surface area contributed by atoms with Crippen molar-refractivity contribution in [1.82, 2.24) is 9.78 Å². The molecule has 0 unspecified atom stereocenters. The van der Waals surface area contributed by atoms with Crippen LogP contribution in [0.25, 0.3) is 10.9 Å². The Morgan fingerprint density at radius 1 is 1.40 bits per heavy atom. The van der Waals surface area contributed by atoms with Gasteiger partial charge in [0, 0.05) is 17.6 Å². The van der Waals surface area contributed by atoms with Crippen molar-refractivity contribution in [2.45, 2.75) is 32.4 Å². The lowest BCUT2D eigenvalue weighted by molar-refractivity contribution is 0.0815. The monoisotopic (exact) mass is 294 g/mol. The van der Waals surface area contributed by atoms with Gasteiger partial charge in [0.1, 0.15) is 12.5 Å². The Bertz CT molecular complexity index is 619. The van der Waals surface area contributed by atoms with Gasteiger partial charge in [-0.15, -0.1) is 14.1 Å². The van der Waals surface area contributed by atoms with E-state index in [9.17, 15) is 9.18 Å². The molecule has 109 valence electrons. The van der Waals surface area contributed by atoms with Crippen LogP contribution >= 0.6 is 0 Å². The number of nitrogens with zero attached hydrogens (tertiary/aromatic N) is 2. The second kappa shape index (κ2) is 5.84. The first kappa shape index (κ1) is 14.9. The normalized spacial score (nSPS) is 12.0. The van der Waals surface area contributed by atoms with E-state index in [2.05, 4.69) is 24.7 Å². The van der Waals surface area contributed by atoms with Gasteiger partial charge in [-0.3, -0.25) is 4.79 Å². The van der Waals surface area contributed by atoms with Gasteiger partial charge in [0.15, 0.2) is 6.29 Å². The van der Waals surface area contributed by atoms with Gasteiger partial charge in [-0.1, -0.05) is 0 Å². The summed E-state index contributed by atoms with van der Waals surface area (Å²) >= 11 is 0. The molecule has 20 heavy (non-hydrogen) atoms. The molecular formula is C14H19FN2O2Si-. The number of aromatic nitrogens is 2. The lowest BCUT2D eigenvalue weighted by Gasteiger charge is -2.26. The van der Waals surface area contributed by atoms with Crippen molar-refractivity contribution in [2.75, 3.05) is 6.61 Å². The average molecular weight is 294 g/mol. The zero-order valence-electron chi connectivity index (χ0n) is 12.0. The molecule has 1 aromatic carbocycles. The maximum absolute atomic E-state index is 13.3. The van der Waals surface area contributed by atoms with E-state index in [1.165, 1.54) is 12.1 Å². The maximum Gasteiger partial charge on any atom is 0.152 e. The lowest BCUT2D eigenvalue weighted by atomic mass is 10.1. The SMILES string of the molecule is C[Si-](C)(C)CCOCn1ncc2cc(F)cc(C=O)c21. The van der Waals surface area contributed by atoms with Crippen LogP contribution in [0.15, 0.2) is 18.3 Å². The summed E-state index contributed by atoms with van der Waals surface area (Å²) in [6.45, 7) is 7.81. The highest BCUT2D eigenvalue weighted by atomic mass is 28.3. The summed E-state index contributed by atoms with van der Waals surface area (Å²) in [7, 11) is -1.12. The van der Waals surface area contributed by atoms with E-state index in [0.29, 0.717) is 29.4 Å². The number of hydrogen-bond donors (Lipinski definition) is 0. The van der Waals surface area contributed by atoms with Gasteiger partial charge in [-0.2, -0.15) is 24.7 Å². The van der Waals surface area contributed by atoms with Crippen molar-refractivity contribution < 1.29 is 13.9 Å². The van der Waals surface area contributed by atoms with Crippen molar-refractivity contribution in [1.29, 1.82) is 0 Å². The minimum absolute atomic E-state index is 0.278. The van der Waals surface area contributed by atoms with E-state index in [1.807, 2.05) is 0 Å². The minimum atomic E-state index is -1.12. The molecule has 2 rings (SSSR count). The fourth-order valence-electron chi connectivity index (χ4n) is 1.95. The van der Waals surface area contributed by atoms with Crippen molar-refractivity contribution in [3.8, 4) is 0 Å². The van der Waals surface area contributed by atoms with Gasteiger partial charge in [-0.25, -0.2) is 9.07 Å². The van der Waals surface area contributed by atoms with Gasteiger partial charge in [-0.05, 0) is 12.1 Å². The first-order valence-corrected chi connectivity index (χ1v) is 10.3. The molecule has 1 heterocycles. The highest BCUT2D eigenvalue weighted by molar-refractivity contribution is 6.76. The molecule has 2 aromatic rings. The summed E-state index contributed by atoms with van der Waals surface area (Å²) < 4.78 is 20.5. The summed E-state index contributed by atoms with van der Waals surface area (Å²) in [6, 6.07) is 3.66. The van der Waals surface area contributed by atoms with Crippen LogP contribution in [0.4, 0.5) is 4.39 Å². The molecule has 0 saturated carbocycles. The molecular weight excluding hydrogens is 275 g/mol. The van der Waals surface area contributed by atoms with Crippen LogP contribution in [0.2, 0.25) is 25.7 Å². The Morgan fingerprint density at radius 2 is 2.15 bits per heavy atom. The summed E-state index contributed by atoms with van der Waals surface area (Å²) in [4.78, 5) is 11.0. The number of fused-ring (bicyclic) bond motifs is 1. The lowest BCUT2D eigenvalue weighted by Crippen LogP contribution is -2.22. The molecule has 0 bridgehead atoms. The van der Waals surface area contributed by atoms with Crippen molar-refractivity contribution >= 4 is 25.3 Å². The van der Waals surface area contributed by atoms with Crippen LogP contribution in [-0.4, -0.2) is 30.7 Å². The largest absolute Gasteiger partial charge is 0.362 e. The zero-order valence-corrected chi connectivity index (χ0v) is 13.0. The van der Waals surface area contributed by atoms with E-state index in [1.54, 1.807) is 10.9 Å². The molecule has 0 spiro atoms. The Morgan fingerprint density at radius 3 is 2.80 bits per heavy atom. The smallest absolute Gasteiger partial charge is 0.152 e. The molecule has 0 aliphatic carbocycles. The minimum Gasteiger partial charge on any atom is -0.362 e. The molecule has 0 aliphatic heterocycles. The van der Waals surface area contributed by atoms with E-state index in [4.69, 9.17) is 4.74 Å². The third-order valence-corrected chi connectivity index (χ3v) is 4.77. The molecule has 0 aliphatic rings. The van der Waals surface area contributed by atoms with Crippen LogP contribution in [0.5, 0.6) is 0 Å². The van der Waals surface area contributed by atoms with Crippen LogP contribution < -0.4 is 0 Å². The standard InChI is InChI=1S/C14H19FN2O2Si/c1-20(2,3)5-4-19-10-17-14-11(8-16-17)6-13(15)7-12(14)9-18/h6-9H,4-5,10H2,1-3H3/q-1. The van der Waals surface area contributed by atoms with E-state index < -0.39 is 13.9 Å². The highest BCUT2D eigenvalue weighted by Gasteiger charge is 2.10. The Labute approximate surface area is 118 Å². The third kappa shape index (κ3) is 3.52. The molecule has 6 heteroatoms. The number of rotatable bonds is 6. The zero-order chi connectivity index (χ0) is 14.8. The second-order valence-corrected chi connectivity index (χ2v) is 11.7. The van der Waals surface area contributed by atoms with Crippen molar-refractivity contribution in [3.05, 3.63) is 29.7 Å². The van der Waals surface area contributed by atoms with Crippen LogP contribution in [0.1, 0.15) is 10.4 Å². The Hall–Kier alpha value is -1.53. The third-order valence-electron chi connectivity index (χ3n) is 3.06. The van der Waals surface area contributed by atoms with Gasteiger partial charge in [0.25, 0.3) is 0 Å². The van der Waals surface area contributed by atoms with Crippen LogP contribution in [0.3, 0.4) is 0 Å². The summed E-state index contributed by atoms with van der Waals surface area (Å²) in [5, 5.41) is 4.77. The Balaban J connectivity index is 2.13. The van der Waals surface area contributed by atoms with E-state index in [0.717, 1.165) is 6.04 Å². The molecule has 0 fully saturated rings. The second-order valence-electron chi connectivity index (χ2n) is 6.04. The molecule has 4 nitrogen and oxygen atoms in total. The van der Waals surface area contributed by atoms with Crippen LogP contribution in [0, 0.1) is 5.82 Å². The van der Waals surface area contributed by atoms with E-state index in [-0.39, 0.29) is 6.73 Å². The van der Waals surface area contributed by atoms with Crippen molar-refractivity contribution in [2.24, 2.45) is 0 Å². The maximum atomic E-state index is 13.3. The number of halogens is 1. The molecule has 0 amide bonds. The first-order valence-electron chi connectivity index (χ1n) is 6.59. The summed E-state index contributed by atoms with van der Waals surface area (Å²) in [5.41, 5.74) is 0.917. The molecule has 0 N–H and O–H groups in total. The Kier molecular flexibility index (Phi) is 4.34. The van der Waals surface area contributed by atoms with Crippen LogP contribution in [-0.2, 0) is 11.5 Å². The quantitative estimate of drug-likeness (QED) is 0.466. The molecule has 1 aromatic heterocycles. The van der Waals surface area contributed by atoms with Gasteiger partial charge >= 0.3 is 0 Å². The number of benzene rings is 1. The number of carbonyl (C=O) groups is 1. The molecule has 0 atom stereocenters. The fourth-order valence-corrected chi connectivity index (χ4v) is 2.70. The number of ether oxygens (including phenoxy) is 1. The predicted octanol–water partition coefficient (Wildman–Crippen LogP) is 3.30. The predicted molar refractivity (Wildman–Crippen MR) is 79.2 cm³/mol. The van der Waals surface area contributed by atoms with Gasteiger partial charge in [0.05, 0.1) is 11.7 Å². The molecule has 0 saturated heterocycles. The molecule has 0 radical (unpaired) electrons. The highest BCUT2D eigenvalue weighted by Crippen LogP contribution is 2.19. The number of carbonyl (C=O) groups excluding carboxylic acids is 1. The number of hydrogen-bond acceptors (Lipinski definition) is 3. The van der Waals surface area contributed by atoms with E-state index >= 15 is 0 Å². The van der Waals surface area contributed by atoms with Crippen molar-refractivity contribution in [3.63, 3.8) is 0 Å². The van der Waals surface area contributed by atoms with Gasteiger partial charge in [0.2, 0.25) is 0 Å².